The molecular weight excluding hydrogens is 264 g/mol. The van der Waals surface area contributed by atoms with Crippen molar-refractivity contribution >= 4 is 7.60 Å². The molecule has 0 aliphatic carbocycles. The molecule has 9 heteroatoms. The van der Waals surface area contributed by atoms with Crippen molar-refractivity contribution in [2.24, 2.45) is 0 Å². The molecule has 0 aliphatic rings. The van der Waals surface area contributed by atoms with Crippen LogP contribution in [-0.4, -0.2) is 41.0 Å². The highest BCUT2D eigenvalue weighted by Gasteiger charge is 2.62. The molecule has 104 valence electrons. The maximum Gasteiger partial charge on any atom is 0.443 e. The Morgan fingerprint density at radius 1 is 1.18 bits per heavy atom. The monoisotopic (exact) mass is 280 g/mol. The highest BCUT2D eigenvalue weighted by Crippen LogP contribution is 2.58. The summed E-state index contributed by atoms with van der Waals surface area (Å²) in [6.45, 7) is 3.22. The Morgan fingerprint density at radius 3 is 1.76 bits per heavy atom. The minimum Gasteiger partial charge on any atom is -0.358 e. The molecule has 2 N–H and O–H groups in total. The van der Waals surface area contributed by atoms with Gasteiger partial charge in [-0.1, -0.05) is 0 Å². The third kappa shape index (κ3) is 3.66. The van der Waals surface area contributed by atoms with Crippen LogP contribution in [0.5, 0.6) is 0 Å². The fourth-order valence-corrected chi connectivity index (χ4v) is 2.91. The number of alkyl halides is 3. The van der Waals surface area contributed by atoms with Gasteiger partial charge in [-0.05, 0) is 20.8 Å². The normalized spacial score (nSPS) is 16.0. The van der Waals surface area contributed by atoms with Gasteiger partial charge in [-0.3, -0.25) is 4.57 Å². The average molecular weight is 280 g/mol. The standard InChI is InChI=1S/C8H16F3O5P/c1-4-15-17(14,16-5-2)6(3)7(12,13)8(9,10)11/h6,12-13H,4-5H2,1-3H3. The quantitative estimate of drug-likeness (QED) is 0.574. The third-order valence-corrected chi connectivity index (χ3v) is 4.64. The van der Waals surface area contributed by atoms with Crippen LogP contribution in [0.25, 0.3) is 0 Å². The van der Waals surface area contributed by atoms with Gasteiger partial charge in [0.25, 0.3) is 5.79 Å². The Balaban J connectivity index is 5.22. The largest absolute Gasteiger partial charge is 0.443 e. The molecule has 0 spiro atoms. The molecule has 0 saturated carbocycles. The predicted molar refractivity (Wildman–Crippen MR) is 53.5 cm³/mol. The van der Waals surface area contributed by atoms with E-state index >= 15 is 0 Å². The van der Waals surface area contributed by atoms with E-state index in [1.807, 2.05) is 0 Å². The van der Waals surface area contributed by atoms with E-state index in [2.05, 4.69) is 9.05 Å². The molecule has 1 unspecified atom stereocenters. The van der Waals surface area contributed by atoms with Crippen LogP contribution >= 0.6 is 7.60 Å². The molecule has 0 bridgehead atoms. The fourth-order valence-electron chi connectivity index (χ4n) is 1.08. The Hall–Kier alpha value is -0.140. The third-order valence-electron chi connectivity index (χ3n) is 2.09. The van der Waals surface area contributed by atoms with Gasteiger partial charge in [-0.25, -0.2) is 0 Å². The SMILES string of the molecule is CCOP(=O)(OCC)C(C)C(O)(O)C(F)(F)F. The number of hydrogen-bond acceptors (Lipinski definition) is 5. The molecule has 0 radical (unpaired) electrons. The van der Waals surface area contributed by atoms with Gasteiger partial charge in [-0.15, -0.1) is 0 Å². The van der Waals surface area contributed by atoms with Crippen molar-refractivity contribution in [3.05, 3.63) is 0 Å². The van der Waals surface area contributed by atoms with Crippen LogP contribution in [0.1, 0.15) is 20.8 Å². The summed E-state index contributed by atoms with van der Waals surface area (Å²) in [6, 6.07) is 0. The smallest absolute Gasteiger partial charge is 0.358 e. The lowest BCUT2D eigenvalue weighted by atomic mass is 10.2. The van der Waals surface area contributed by atoms with Gasteiger partial charge in [0.1, 0.15) is 5.66 Å². The van der Waals surface area contributed by atoms with Gasteiger partial charge >= 0.3 is 13.8 Å². The lowest BCUT2D eigenvalue weighted by Gasteiger charge is -2.34. The summed E-state index contributed by atoms with van der Waals surface area (Å²) in [7, 11) is -4.25. The highest BCUT2D eigenvalue weighted by molar-refractivity contribution is 7.54. The minimum absolute atomic E-state index is 0.171. The van der Waals surface area contributed by atoms with Crippen molar-refractivity contribution in [1.82, 2.24) is 0 Å². The molecular formula is C8H16F3O5P. The van der Waals surface area contributed by atoms with E-state index in [-0.39, 0.29) is 13.2 Å². The Morgan fingerprint density at radius 2 is 1.53 bits per heavy atom. The van der Waals surface area contributed by atoms with Crippen LogP contribution in [0.2, 0.25) is 0 Å². The van der Waals surface area contributed by atoms with Gasteiger partial charge in [0.05, 0.1) is 13.2 Å². The van der Waals surface area contributed by atoms with Crippen molar-refractivity contribution < 1.29 is 37.0 Å². The van der Waals surface area contributed by atoms with Gasteiger partial charge in [-0.2, -0.15) is 13.2 Å². The molecule has 0 aromatic carbocycles. The van der Waals surface area contributed by atoms with Crippen molar-refractivity contribution in [3.63, 3.8) is 0 Å². The maximum absolute atomic E-state index is 12.4. The Bertz CT molecular complexity index is 281. The predicted octanol–water partition coefficient (Wildman–Crippen LogP) is 1.88. The zero-order valence-electron chi connectivity index (χ0n) is 9.69. The van der Waals surface area contributed by atoms with E-state index < -0.39 is 25.2 Å². The van der Waals surface area contributed by atoms with Crippen LogP contribution in [0.3, 0.4) is 0 Å². The van der Waals surface area contributed by atoms with E-state index in [0.29, 0.717) is 0 Å². The molecule has 0 fully saturated rings. The van der Waals surface area contributed by atoms with Crippen LogP contribution in [-0.2, 0) is 13.6 Å². The second kappa shape index (κ2) is 5.67. The molecule has 5 nitrogen and oxygen atoms in total. The van der Waals surface area contributed by atoms with Gasteiger partial charge in [0.2, 0.25) is 0 Å². The molecule has 0 aromatic heterocycles. The first-order valence-electron chi connectivity index (χ1n) is 4.93. The van der Waals surface area contributed by atoms with E-state index in [9.17, 15) is 17.7 Å². The van der Waals surface area contributed by atoms with Crippen LogP contribution < -0.4 is 0 Å². The molecule has 0 heterocycles. The summed E-state index contributed by atoms with van der Waals surface area (Å²) >= 11 is 0. The summed E-state index contributed by atoms with van der Waals surface area (Å²) in [6.07, 6.45) is -5.35. The molecule has 0 amide bonds. The topological polar surface area (TPSA) is 76.0 Å². The van der Waals surface area contributed by atoms with Crippen molar-refractivity contribution in [1.29, 1.82) is 0 Å². The van der Waals surface area contributed by atoms with Crippen molar-refractivity contribution in [2.45, 2.75) is 38.4 Å². The molecule has 0 saturated heterocycles. The number of aliphatic hydroxyl groups is 2. The Kier molecular flexibility index (Phi) is 5.62. The Labute approximate surface area is 97.1 Å². The first-order valence-corrected chi connectivity index (χ1v) is 6.54. The summed E-state index contributed by atoms with van der Waals surface area (Å²) in [5.74, 6) is -4.13. The number of hydrogen-bond donors (Lipinski definition) is 2. The van der Waals surface area contributed by atoms with E-state index in [0.717, 1.165) is 6.92 Å². The van der Waals surface area contributed by atoms with Crippen LogP contribution in [0, 0.1) is 0 Å². The zero-order chi connectivity index (χ0) is 13.9. The minimum atomic E-state index is -5.35. The summed E-state index contributed by atoms with van der Waals surface area (Å²) in [5, 5.41) is 18.0. The van der Waals surface area contributed by atoms with Gasteiger partial charge in [0, 0.05) is 0 Å². The van der Waals surface area contributed by atoms with E-state index in [1.54, 1.807) is 0 Å². The lowest BCUT2D eigenvalue weighted by molar-refractivity contribution is -0.348. The lowest BCUT2D eigenvalue weighted by Crippen LogP contribution is -2.53. The number of rotatable bonds is 6. The second-order valence-corrected chi connectivity index (χ2v) is 5.65. The van der Waals surface area contributed by atoms with Crippen LogP contribution in [0.15, 0.2) is 0 Å². The molecule has 17 heavy (non-hydrogen) atoms. The fraction of sp³-hybridized carbons (Fsp3) is 1.00. The molecule has 1 atom stereocenters. The second-order valence-electron chi connectivity index (χ2n) is 3.28. The van der Waals surface area contributed by atoms with Gasteiger partial charge < -0.3 is 19.3 Å². The average Bonchev–Trinajstić information content (AvgIpc) is 2.15. The first kappa shape index (κ1) is 16.9. The summed E-state index contributed by atoms with van der Waals surface area (Å²) in [5.41, 5.74) is -2.14. The molecule has 0 aliphatic heterocycles. The van der Waals surface area contributed by atoms with E-state index in [4.69, 9.17) is 10.2 Å². The van der Waals surface area contributed by atoms with Crippen molar-refractivity contribution in [3.8, 4) is 0 Å². The van der Waals surface area contributed by atoms with Gasteiger partial charge in [0.15, 0.2) is 0 Å². The van der Waals surface area contributed by atoms with Crippen LogP contribution in [0.4, 0.5) is 13.2 Å². The molecule has 0 rings (SSSR count). The summed E-state index contributed by atoms with van der Waals surface area (Å²) < 4.78 is 58.3. The highest BCUT2D eigenvalue weighted by atomic mass is 31.2. The van der Waals surface area contributed by atoms with E-state index in [1.165, 1.54) is 13.8 Å². The zero-order valence-corrected chi connectivity index (χ0v) is 10.6. The first-order chi connectivity index (χ1) is 7.53. The molecule has 0 aromatic rings. The van der Waals surface area contributed by atoms with Crippen molar-refractivity contribution in [2.75, 3.05) is 13.2 Å². The summed E-state index contributed by atoms with van der Waals surface area (Å²) in [4.78, 5) is 0. The maximum atomic E-state index is 12.4. The number of halogens is 3.